The highest BCUT2D eigenvalue weighted by molar-refractivity contribution is 7.92. The molecule has 7 nitrogen and oxygen atoms in total. The first kappa shape index (κ1) is 26.9. The van der Waals surface area contributed by atoms with E-state index in [2.05, 4.69) is 5.32 Å². The minimum Gasteiger partial charge on any atom is -0.355 e. The number of anilines is 1. The number of halogens is 1. The second-order valence-electron chi connectivity index (χ2n) is 8.33. The van der Waals surface area contributed by atoms with Crippen molar-refractivity contribution in [2.45, 2.75) is 25.9 Å². The van der Waals surface area contributed by atoms with E-state index in [1.54, 1.807) is 6.92 Å². The SMILES string of the molecule is CCNC(=O)C(Cc1ccccc1)N(Cc1ccccc1)C(=O)CN(c1ccccc1F)S(C)(=O)=O. The number of benzene rings is 3. The maximum atomic E-state index is 14.5. The summed E-state index contributed by atoms with van der Waals surface area (Å²) in [4.78, 5) is 28.3. The minimum absolute atomic E-state index is 0.0726. The summed E-state index contributed by atoms with van der Waals surface area (Å²) in [5, 5.41) is 2.79. The molecule has 0 saturated heterocycles. The van der Waals surface area contributed by atoms with Crippen LogP contribution in [0, 0.1) is 5.82 Å². The summed E-state index contributed by atoms with van der Waals surface area (Å²) >= 11 is 0. The molecule has 3 aromatic carbocycles. The first-order valence-corrected chi connectivity index (χ1v) is 13.4. The second kappa shape index (κ2) is 12.3. The molecule has 3 rings (SSSR count). The van der Waals surface area contributed by atoms with Gasteiger partial charge in [0, 0.05) is 19.5 Å². The molecule has 0 aliphatic carbocycles. The van der Waals surface area contributed by atoms with Crippen molar-refractivity contribution >= 4 is 27.5 Å². The first-order valence-electron chi connectivity index (χ1n) is 11.6. The molecule has 1 N–H and O–H groups in total. The number of nitrogens with one attached hydrogen (secondary N) is 1. The Bertz CT molecular complexity index is 1270. The van der Waals surface area contributed by atoms with Gasteiger partial charge >= 0.3 is 0 Å². The molecule has 0 heterocycles. The molecule has 0 aliphatic heterocycles. The van der Waals surface area contributed by atoms with Gasteiger partial charge in [0.15, 0.2) is 0 Å². The van der Waals surface area contributed by atoms with Crippen molar-refractivity contribution in [2.24, 2.45) is 0 Å². The van der Waals surface area contributed by atoms with Gasteiger partial charge in [0.05, 0.1) is 11.9 Å². The lowest BCUT2D eigenvalue weighted by molar-refractivity contribution is -0.140. The standard InChI is InChI=1S/C27H30FN3O4S/c1-3-29-27(33)25(18-21-12-6-4-7-13-21)30(19-22-14-8-5-9-15-22)26(32)20-31(36(2,34)35)24-17-11-10-16-23(24)28/h4-17,25H,3,18-20H2,1-2H3,(H,29,33). The molecule has 0 spiro atoms. The summed E-state index contributed by atoms with van der Waals surface area (Å²) in [6, 6.07) is 22.8. The van der Waals surface area contributed by atoms with Crippen LogP contribution in [0.2, 0.25) is 0 Å². The van der Waals surface area contributed by atoms with Crippen LogP contribution in [0.4, 0.5) is 10.1 Å². The Morgan fingerprint density at radius 3 is 2.00 bits per heavy atom. The van der Waals surface area contributed by atoms with Crippen LogP contribution in [0.3, 0.4) is 0 Å². The zero-order chi connectivity index (χ0) is 26.1. The molecule has 0 aliphatic rings. The van der Waals surface area contributed by atoms with Crippen LogP contribution < -0.4 is 9.62 Å². The van der Waals surface area contributed by atoms with Crippen LogP contribution in [0.1, 0.15) is 18.1 Å². The predicted molar refractivity (Wildman–Crippen MR) is 138 cm³/mol. The van der Waals surface area contributed by atoms with Gasteiger partial charge in [0.2, 0.25) is 21.8 Å². The number of carbonyl (C=O) groups is 2. The Morgan fingerprint density at radius 1 is 0.889 bits per heavy atom. The number of hydrogen-bond acceptors (Lipinski definition) is 4. The van der Waals surface area contributed by atoms with E-state index in [1.807, 2.05) is 60.7 Å². The average Bonchev–Trinajstić information content (AvgIpc) is 2.86. The van der Waals surface area contributed by atoms with E-state index in [9.17, 15) is 22.4 Å². The zero-order valence-corrected chi connectivity index (χ0v) is 21.1. The van der Waals surface area contributed by atoms with Gasteiger partial charge in [-0.25, -0.2) is 12.8 Å². The van der Waals surface area contributed by atoms with Crippen molar-refractivity contribution in [3.8, 4) is 0 Å². The van der Waals surface area contributed by atoms with E-state index >= 15 is 0 Å². The normalized spacial score (nSPS) is 12.0. The fourth-order valence-corrected chi connectivity index (χ4v) is 4.73. The maximum absolute atomic E-state index is 14.5. The van der Waals surface area contributed by atoms with Gasteiger partial charge in [0.1, 0.15) is 18.4 Å². The fourth-order valence-electron chi connectivity index (χ4n) is 3.87. The highest BCUT2D eigenvalue weighted by Crippen LogP contribution is 2.23. The minimum atomic E-state index is -4.01. The van der Waals surface area contributed by atoms with Gasteiger partial charge in [-0.15, -0.1) is 0 Å². The summed E-state index contributed by atoms with van der Waals surface area (Å²) in [7, 11) is -4.01. The molecule has 1 unspecified atom stereocenters. The molecule has 0 radical (unpaired) electrons. The summed E-state index contributed by atoms with van der Waals surface area (Å²) in [5.74, 6) is -1.75. The molecule has 36 heavy (non-hydrogen) atoms. The van der Waals surface area contributed by atoms with Gasteiger partial charge in [-0.3, -0.25) is 13.9 Å². The van der Waals surface area contributed by atoms with Gasteiger partial charge in [-0.1, -0.05) is 72.8 Å². The van der Waals surface area contributed by atoms with Crippen molar-refractivity contribution in [2.75, 3.05) is 23.7 Å². The molecule has 190 valence electrons. The Hall–Kier alpha value is -3.72. The van der Waals surface area contributed by atoms with E-state index in [0.717, 1.165) is 27.8 Å². The molecule has 2 amide bonds. The van der Waals surface area contributed by atoms with Crippen LogP contribution in [-0.2, 0) is 32.6 Å². The zero-order valence-electron chi connectivity index (χ0n) is 20.3. The number of nitrogens with zero attached hydrogens (tertiary/aromatic N) is 2. The Morgan fingerprint density at radius 2 is 1.44 bits per heavy atom. The Kier molecular flexibility index (Phi) is 9.19. The van der Waals surface area contributed by atoms with Gasteiger partial charge in [0.25, 0.3) is 0 Å². The Balaban J connectivity index is 2.03. The predicted octanol–water partition coefficient (Wildman–Crippen LogP) is 3.37. The molecule has 0 saturated carbocycles. The smallest absolute Gasteiger partial charge is 0.244 e. The largest absolute Gasteiger partial charge is 0.355 e. The molecular weight excluding hydrogens is 481 g/mol. The van der Waals surface area contributed by atoms with Gasteiger partial charge in [-0.2, -0.15) is 0 Å². The first-order chi connectivity index (χ1) is 17.2. The van der Waals surface area contributed by atoms with Crippen LogP contribution in [-0.4, -0.2) is 50.5 Å². The van der Waals surface area contributed by atoms with Crippen LogP contribution in [0.5, 0.6) is 0 Å². The number of amides is 2. The third-order valence-electron chi connectivity index (χ3n) is 5.62. The van der Waals surface area contributed by atoms with E-state index < -0.39 is 34.3 Å². The lowest BCUT2D eigenvalue weighted by atomic mass is 10.0. The van der Waals surface area contributed by atoms with Crippen molar-refractivity contribution in [3.63, 3.8) is 0 Å². The maximum Gasteiger partial charge on any atom is 0.244 e. The van der Waals surface area contributed by atoms with E-state index in [-0.39, 0.29) is 24.6 Å². The van der Waals surface area contributed by atoms with E-state index in [4.69, 9.17) is 0 Å². The highest BCUT2D eigenvalue weighted by Gasteiger charge is 2.33. The Labute approximate surface area is 211 Å². The van der Waals surface area contributed by atoms with Crippen molar-refractivity contribution in [1.29, 1.82) is 0 Å². The number of rotatable bonds is 11. The summed E-state index contributed by atoms with van der Waals surface area (Å²) in [5.41, 5.74) is 1.38. The molecule has 0 aromatic heterocycles. The quantitative estimate of drug-likeness (QED) is 0.428. The molecule has 9 heteroatoms. The summed E-state index contributed by atoms with van der Waals surface area (Å²) in [6.45, 7) is 1.56. The topological polar surface area (TPSA) is 86.8 Å². The number of carbonyl (C=O) groups excluding carboxylic acids is 2. The number of para-hydroxylation sites is 1. The van der Waals surface area contributed by atoms with Crippen molar-refractivity contribution in [3.05, 3.63) is 102 Å². The molecular formula is C27H30FN3O4S. The van der Waals surface area contributed by atoms with E-state index in [0.29, 0.717) is 6.54 Å². The number of hydrogen-bond donors (Lipinski definition) is 1. The lowest BCUT2D eigenvalue weighted by Crippen LogP contribution is -2.53. The fraction of sp³-hybridized carbons (Fsp3) is 0.259. The van der Waals surface area contributed by atoms with Crippen LogP contribution in [0.15, 0.2) is 84.9 Å². The highest BCUT2D eigenvalue weighted by atomic mass is 32.2. The van der Waals surface area contributed by atoms with Crippen molar-refractivity contribution in [1.82, 2.24) is 10.2 Å². The van der Waals surface area contributed by atoms with Crippen molar-refractivity contribution < 1.29 is 22.4 Å². The lowest BCUT2D eigenvalue weighted by Gasteiger charge is -2.33. The van der Waals surface area contributed by atoms with Gasteiger partial charge < -0.3 is 10.2 Å². The van der Waals surface area contributed by atoms with Crippen LogP contribution in [0.25, 0.3) is 0 Å². The molecule has 0 fully saturated rings. The third kappa shape index (κ3) is 7.14. The van der Waals surface area contributed by atoms with Crippen LogP contribution >= 0.6 is 0 Å². The summed E-state index contributed by atoms with van der Waals surface area (Å²) < 4.78 is 40.5. The molecule has 3 aromatic rings. The molecule has 1 atom stereocenters. The summed E-state index contributed by atoms with van der Waals surface area (Å²) in [6.07, 6.45) is 1.14. The monoisotopic (exact) mass is 511 g/mol. The number of likely N-dealkylation sites (N-methyl/N-ethyl adjacent to an activating group) is 1. The second-order valence-corrected chi connectivity index (χ2v) is 10.2. The molecule has 0 bridgehead atoms. The average molecular weight is 512 g/mol. The number of sulfonamides is 1. The van der Waals surface area contributed by atoms with E-state index in [1.165, 1.54) is 23.1 Å². The van der Waals surface area contributed by atoms with Gasteiger partial charge in [-0.05, 0) is 30.2 Å². The third-order valence-corrected chi connectivity index (χ3v) is 6.74.